The second-order valence-electron chi connectivity index (χ2n) is 7.67. The number of aryl methyl sites for hydroxylation is 1. The minimum Gasteiger partial charge on any atom is -1.00 e. The third-order valence-electron chi connectivity index (χ3n) is 5.57. The van der Waals surface area contributed by atoms with Gasteiger partial charge in [0.1, 0.15) is 7.05 Å². The molecule has 5 heteroatoms. The summed E-state index contributed by atoms with van der Waals surface area (Å²) in [7, 11) is 6.95. The average molecular weight is 565 g/mol. The number of nitrogens with zero attached hydrogens (tertiary/aromatic N) is 1. The van der Waals surface area contributed by atoms with Crippen LogP contribution in [0.1, 0.15) is 11.1 Å². The van der Waals surface area contributed by atoms with E-state index >= 15 is 0 Å². The molecule has 0 fully saturated rings. The summed E-state index contributed by atoms with van der Waals surface area (Å²) in [6, 6.07) is 27.0. The highest BCUT2D eigenvalue weighted by Gasteiger charge is 2.18. The van der Waals surface area contributed by atoms with E-state index in [1.807, 2.05) is 24.3 Å². The minimum absolute atomic E-state index is 0. The highest BCUT2D eigenvalue weighted by atomic mass is 127. The van der Waals surface area contributed by atoms with E-state index in [0.29, 0.717) is 17.2 Å². The van der Waals surface area contributed by atoms with E-state index in [9.17, 15) is 0 Å². The first-order chi connectivity index (χ1) is 16.1. The van der Waals surface area contributed by atoms with E-state index in [2.05, 4.69) is 84.6 Å². The summed E-state index contributed by atoms with van der Waals surface area (Å²) in [5, 5.41) is 0. The first-order valence-electron chi connectivity index (χ1n) is 10.8. The number of aromatic nitrogens is 1. The molecule has 0 saturated carbocycles. The van der Waals surface area contributed by atoms with E-state index < -0.39 is 0 Å². The number of ether oxygens (including phenoxy) is 3. The molecule has 0 unspecified atom stereocenters. The van der Waals surface area contributed by atoms with Crippen molar-refractivity contribution in [3.63, 3.8) is 0 Å². The Kier molecular flexibility index (Phi) is 8.71. The number of benzene rings is 3. The van der Waals surface area contributed by atoms with Gasteiger partial charge in [-0.15, -0.1) is 0 Å². The van der Waals surface area contributed by atoms with Gasteiger partial charge in [-0.05, 0) is 47.5 Å². The van der Waals surface area contributed by atoms with Gasteiger partial charge < -0.3 is 38.2 Å². The fraction of sp³-hybridized carbons (Fsp3) is 0.138. The number of rotatable bonds is 7. The zero-order chi connectivity index (χ0) is 23.2. The molecular weight excluding hydrogens is 537 g/mol. The second kappa shape index (κ2) is 11.7. The monoisotopic (exact) mass is 565 g/mol. The van der Waals surface area contributed by atoms with Gasteiger partial charge in [-0.2, -0.15) is 4.57 Å². The molecule has 0 amide bonds. The van der Waals surface area contributed by atoms with E-state index in [4.69, 9.17) is 14.2 Å². The van der Waals surface area contributed by atoms with E-state index in [-0.39, 0.29) is 24.0 Å². The molecule has 0 aliphatic carbocycles. The molecule has 0 saturated heterocycles. The Balaban J connectivity index is 0.00000324. The Morgan fingerprint density at radius 3 is 1.74 bits per heavy atom. The molecule has 0 radical (unpaired) electrons. The van der Waals surface area contributed by atoms with Crippen LogP contribution in [-0.4, -0.2) is 21.3 Å². The quantitative estimate of drug-likeness (QED) is 0.255. The van der Waals surface area contributed by atoms with Crippen LogP contribution in [0.15, 0.2) is 85.1 Å². The number of hydrogen-bond acceptors (Lipinski definition) is 3. The maximum absolute atomic E-state index is 5.52. The van der Waals surface area contributed by atoms with Gasteiger partial charge in [-0.1, -0.05) is 54.6 Å². The van der Waals surface area contributed by atoms with Crippen LogP contribution in [0.3, 0.4) is 0 Å². The van der Waals surface area contributed by atoms with E-state index in [1.165, 1.54) is 5.56 Å². The highest BCUT2D eigenvalue weighted by molar-refractivity contribution is 5.81. The number of methoxy groups -OCH3 is 3. The SMILES string of the molecule is COc1cc(/C=C/c2cc(-c3ccccc3)c[n+](C)c2-c2ccccc2)cc(OC)c1OC.[I-]. The molecule has 4 nitrogen and oxygen atoms in total. The van der Waals surface area contributed by atoms with Crippen molar-refractivity contribution >= 4 is 12.2 Å². The fourth-order valence-electron chi connectivity index (χ4n) is 4.02. The molecule has 0 bridgehead atoms. The summed E-state index contributed by atoms with van der Waals surface area (Å²) in [6.07, 6.45) is 6.38. The Morgan fingerprint density at radius 1 is 0.647 bits per heavy atom. The Hall–Kier alpha value is -3.32. The maximum atomic E-state index is 5.52. The van der Waals surface area contributed by atoms with Gasteiger partial charge >= 0.3 is 0 Å². The first kappa shape index (κ1) is 25.3. The summed E-state index contributed by atoms with van der Waals surface area (Å²) >= 11 is 0. The number of halogens is 1. The lowest BCUT2D eigenvalue weighted by Gasteiger charge is -2.13. The van der Waals surface area contributed by atoms with Gasteiger partial charge in [0.05, 0.1) is 21.3 Å². The first-order valence-corrected chi connectivity index (χ1v) is 10.8. The van der Waals surface area contributed by atoms with Crippen LogP contribution in [0.4, 0.5) is 0 Å². The van der Waals surface area contributed by atoms with Crippen LogP contribution < -0.4 is 42.8 Å². The van der Waals surface area contributed by atoms with Gasteiger partial charge in [0.2, 0.25) is 11.4 Å². The smallest absolute Gasteiger partial charge is 0.219 e. The van der Waals surface area contributed by atoms with Crippen molar-refractivity contribution in [2.24, 2.45) is 7.05 Å². The molecule has 0 aliphatic heterocycles. The van der Waals surface area contributed by atoms with Crippen LogP contribution in [-0.2, 0) is 7.05 Å². The predicted octanol–water partition coefficient (Wildman–Crippen LogP) is 3.05. The standard InChI is InChI=1S/C29H28NO3.HI/c1-30-20-25(22-11-7-5-8-12-22)19-24(28(30)23-13-9-6-10-14-23)16-15-21-17-26(31-2)29(33-4)27(18-21)32-3;/h5-20H,1-4H3;1H/q+1;/p-1/b16-15+;. The van der Waals surface area contributed by atoms with Crippen molar-refractivity contribution < 1.29 is 42.8 Å². The van der Waals surface area contributed by atoms with Crippen molar-refractivity contribution in [2.75, 3.05) is 21.3 Å². The summed E-state index contributed by atoms with van der Waals surface area (Å²) in [4.78, 5) is 0. The maximum Gasteiger partial charge on any atom is 0.219 e. The molecule has 3 aromatic carbocycles. The second-order valence-corrected chi connectivity index (χ2v) is 7.67. The van der Waals surface area contributed by atoms with E-state index in [0.717, 1.165) is 27.9 Å². The molecule has 0 N–H and O–H groups in total. The molecule has 4 rings (SSSR count). The summed E-state index contributed by atoms with van der Waals surface area (Å²) in [6.45, 7) is 0. The lowest BCUT2D eigenvalue weighted by molar-refractivity contribution is -0.660. The Labute approximate surface area is 218 Å². The van der Waals surface area contributed by atoms with Crippen molar-refractivity contribution in [1.82, 2.24) is 0 Å². The molecule has 174 valence electrons. The van der Waals surface area contributed by atoms with Crippen LogP contribution in [0.5, 0.6) is 17.2 Å². The Morgan fingerprint density at radius 2 is 1.21 bits per heavy atom. The zero-order valence-electron chi connectivity index (χ0n) is 19.8. The summed E-state index contributed by atoms with van der Waals surface area (Å²) < 4.78 is 18.7. The molecule has 34 heavy (non-hydrogen) atoms. The normalized spacial score (nSPS) is 10.6. The van der Waals surface area contributed by atoms with E-state index in [1.54, 1.807) is 21.3 Å². The lowest BCUT2D eigenvalue weighted by atomic mass is 9.99. The zero-order valence-corrected chi connectivity index (χ0v) is 21.9. The van der Waals surface area contributed by atoms with Gasteiger partial charge in [0.15, 0.2) is 17.7 Å². The predicted molar refractivity (Wildman–Crippen MR) is 134 cm³/mol. The highest BCUT2D eigenvalue weighted by Crippen LogP contribution is 2.39. The largest absolute Gasteiger partial charge is 1.00 e. The number of hydrogen-bond donors (Lipinski definition) is 0. The van der Waals surface area contributed by atoms with Gasteiger partial charge in [-0.3, -0.25) is 0 Å². The van der Waals surface area contributed by atoms with Crippen LogP contribution >= 0.6 is 0 Å². The minimum atomic E-state index is 0. The molecule has 1 aromatic heterocycles. The Bertz CT molecular complexity index is 1250. The molecule has 1 heterocycles. The van der Waals surface area contributed by atoms with Crippen LogP contribution in [0, 0.1) is 0 Å². The lowest BCUT2D eigenvalue weighted by Crippen LogP contribution is -3.00. The number of pyridine rings is 1. The molecule has 0 atom stereocenters. The van der Waals surface area contributed by atoms with Crippen LogP contribution in [0.25, 0.3) is 34.5 Å². The third kappa shape index (κ3) is 5.42. The third-order valence-corrected chi connectivity index (χ3v) is 5.57. The molecule has 0 spiro atoms. The van der Waals surface area contributed by atoms with Gasteiger partial charge in [-0.25, -0.2) is 0 Å². The van der Waals surface area contributed by atoms with Crippen molar-refractivity contribution in [1.29, 1.82) is 0 Å². The topological polar surface area (TPSA) is 31.6 Å². The van der Waals surface area contributed by atoms with Crippen molar-refractivity contribution in [2.45, 2.75) is 0 Å². The van der Waals surface area contributed by atoms with Crippen LogP contribution in [0.2, 0.25) is 0 Å². The molecular formula is C29H28INO3. The summed E-state index contributed by atoms with van der Waals surface area (Å²) in [5.41, 5.74) is 6.69. The fourth-order valence-corrected chi connectivity index (χ4v) is 4.02. The van der Waals surface area contributed by atoms with Gasteiger partial charge in [0, 0.05) is 16.7 Å². The summed E-state index contributed by atoms with van der Waals surface area (Å²) in [5.74, 6) is 1.84. The molecule has 4 aromatic rings. The van der Waals surface area contributed by atoms with Crippen molar-refractivity contribution in [3.05, 3.63) is 96.2 Å². The van der Waals surface area contributed by atoms with Crippen molar-refractivity contribution in [3.8, 4) is 39.6 Å². The van der Waals surface area contributed by atoms with Gasteiger partial charge in [0.25, 0.3) is 0 Å². The average Bonchev–Trinajstić information content (AvgIpc) is 2.87. The molecule has 0 aliphatic rings.